The van der Waals surface area contributed by atoms with Crippen molar-refractivity contribution in [1.82, 2.24) is 4.98 Å². The number of nitriles is 1. The third-order valence-corrected chi connectivity index (χ3v) is 4.57. The fourth-order valence-electron chi connectivity index (χ4n) is 2.36. The van der Waals surface area contributed by atoms with Crippen molar-refractivity contribution in [2.24, 2.45) is 0 Å². The van der Waals surface area contributed by atoms with Crippen LogP contribution in [0.5, 0.6) is 5.75 Å². The Bertz CT molecular complexity index is 1050. The van der Waals surface area contributed by atoms with Gasteiger partial charge in [0, 0.05) is 23.2 Å². The maximum atomic E-state index is 11.1. The van der Waals surface area contributed by atoms with Crippen LogP contribution in [0.3, 0.4) is 0 Å². The Kier molecular flexibility index (Phi) is 5.44. The molecule has 27 heavy (non-hydrogen) atoms. The molecule has 1 N–H and O–H groups in total. The number of nitrogens with zero attached hydrogens (tertiary/aromatic N) is 3. The van der Waals surface area contributed by atoms with E-state index in [-0.39, 0.29) is 11.3 Å². The lowest BCUT2D eigenvalue weighted by Gasteiger charge is -2.03. The Morgan fingerprint density at radius 1 is 1.33 bits per heavy atom. The fraction of sp³-hybridized carbons (Fsp3) is 0.0526. The molecule has 8 heteroatoms. The van der Waals surface area contributed by atoms with Gasteiger partial charge < -0.3 is 10.1 Å². The number of nitro groups is 1. The van der Waals surface area contributed by atoms with Gasteiger partial charge in [-0.15, -0.1) is 11.3 Å². The molecule has 0 saturated carbocycles. The number of allylic oxidation sites excluding steroid dienone is 1. The van der Waals surface area contributed by atoms with E-state index in [1.807, 2.05) is 29.6 Å². The number of ether oxygens (including phenoxy) is 1. The molecule has 3 aromatic rings. The maximum Gasteiger partial charge on any atom is 0.292 e. The third kappa shape index (κ3) is 4.11. The fourth-order valence-corrected chi connectivity index (χ4v) is 3.15. The van der Waals surface area contributed by atoms with E-state index in [0.717, 1.165) is 17.0 Å². The topological polar surface area (TPSA) is 101 Å². The quantitative estimate of drug-likeness (QED) is 0.379. The van der Waals surface area contributed by atoms with Gasteiger partial charge in [0.05, 0.1) is 17.7 Å². The summed E-state index contributed by atoms with van der Waals surface area (Å²) in [4.78, 5) is 15.1. The summed E-state index contributed by atoms with van der Waals surface area (Å²) < 4.78 is 5.22. The number of nitro benzene ring substituents is 1. The number of benzene rings is 2. The molecular weight excluding hydrogens is 364 g/mol. The molecule has 0 unspecified atom stereocenters. The minimum atomic E-state index is -0.480. The smallest absolute Gasteiger partial charge is 0.292 e. The lowest BCUT2D eigenvalue weighted by atomic mass is 10.1. The van der Waals surface area contributed by atoms with Crippen LogP contribution in [0.4, 0.5) is 11.4 Å². The number of methoxy groups -OCH3 is 1. The van der Waals surface area contributed by atoms with Crippen LogP contribution >= 0.6 is 11.3 Å². The zero-order valence-electron chi connectivity index (χ0n) is 14.2. The van der Waals surface area contributed by atoms with Crippen molar-refractivity contribution in [3.05, 3.63) is 75.2 Å². The van der Waals surface area contributed by atoms with E-state index in [4.69, 9.17) is 4.74 Å². The predicted molar refractivity (Wildman–Crippen MR) is 104 cm³/mol. The molecule has 0 aliphatic heterocycles. The highest BCUT2D eigenvalue weighted by atomic mass is 32.1. The summed E-state index contributed by atoms with van der Waals surface area (Å²) in [5.74, 6) is 0.719. The highest BCUT2D eigenvalue weighted by molar-refractivity contribution is 7.11. The van der Waals surface area contributed by atoms with Gasteiger partial charge in [-0.25, -0.2) is 4.98 Å². The number of nitrogens with one attached hydrogen (secondary N) is 1. The van der Waals surface area contributed by atoms with E-state index in [1.54, 1.807) is 25.3 Å². The van der Waals surface area contributed by atoms with Crippen LogP contribution in [0, 0.1) is 21.4 Å². The second-order valence-corrected chi connectivity index (χ2v) is 6.22. The summed E-state index contributed by atoms with van der Waals surface area (Å²) >= 11 is 1.32. The van der Waals surface area contributed by atoms with Crippen LogP contribution in [-0.4, -0.2) is 17.0 Å². The van der Waals surface area contributed by atoms with Crippen LogP contribution in [0.1, 0.15) is 5.01 Å². The second kappa shape index (κ2) is 8.12. The average molecular weight is 378 g/mol. The molecule has 2 aromatic carbocycles. The van der Waals surface area contributed by atoms with E-state index >= 15 is 0 Å². The minimum absolute atomic E-state index is 0.0674. The maximum absolute atomic E-state index is 11.1. The van der Waals surface area contributed by atoms with Gasteiger partial charge in [-0.1, -0.05) is 24.3 Å². The van der Waals surface area contributed by atoms with Crippen molar-refractivity contribution in [1.29, 1.82) is 5.26 Å². The Morgan fingerprint density at radius 2 is 2.15 bits per heavy atom. The molecular formula is C19H14N4O3S. The highest BCUT2D eigenvalue weighted by Crippen LogP contribution is 2.29. The van der Waals surface area contributed by atoms with Crippen molar-refractivity contribution in [3.8, 4) is 23.1 Å². The second-order valence-electron chi connectivity index (χ2n) is 5.36. The lowest BCUT2D eigenvalue weighted by molar-refractivity contribution is -0.383. The first kappa shape index (κ1) is 18.1. The number of hydrogen-bond acceptors (Lipinski definition) is 7. The molecule has 7 nitrogen and oxygen atoms in total. The summed E-state index contributed by atoms with van der Waals surface area (Å²) in [6.45, 7) is 0. The van der Waals surface area contributed by atoms with Gasteiger partial charge in [0.1, 0.15) is 28.1 Å². The van der Waals surface area contributed by atoms with Crippen LogP contribution in [0.15, 0.2) is 60.1 Å². The Hall–Kier alpha value is -3.70. The van der Waals surface area contributed by atoms with E-state index in [0.29, 0.717) is 10.7 Å². The Balaban J connectivity index is 1.87. The molecule has 3 rings (SSSR count). The molecule has 0 radical (unpaired) electrons. The largest absolute Gasteiger partial charge is 0.497 e. The van der Waals surface area contributed by atoms with E-state index in [1.165, 1.54) is 23.6 Å². The summed E-state index contributed by atoms with van der Waals surface area (Å²) in [6.07, 6.45) is 1.43. The Morgan fingerprint density at radius 3 is 2.89 bits per heavy atom. The van der Waals surface area contributed by atoms with Crippen LogP contribution < -0.4 is 10.1 Å². The first-order valence-corrected chi connectivity index (χ1v) is 8.71. The number of hydrogen-bond donors (Lipinski definition) is 1. The van der Waals surface area contributed by atoms with Gasteiger partial charge in [-0.2, -0.15) is 5.26 Å². The zero-order valence-corrected chi connectivity index (χ0v) is 15.1. The molecule has 134 valence electrons. The van der Waals surface area contributed by atoms with E-state index < -0.39 is 4.92 Å². The van der Waals surface area contributed by atoms with E-state index in [2.05, 4.69) is 16.4 Å². The molecule has 1 aromatic heterocycles. The summed E-state index contributed by atoms with van der Waals surface area (Å²) in [5.41, 5.74) is 2.12. The van der Waals surface area contributed by atoms with Gasteiger partial charge >= 0.3 is 0 Å². The molecule has 0 fully saturated rings. The monoisotopic (exact) mass is 378 g/mol. The zero-order chi connectivity index (χ0) is 19.2. The molecule has 0 amide bonds. The van der Waals surface area contributed by atoms with Crippen molar-refractivity contribution in [2.75, 3.05) is 12.4 Å². The van der Waals surface area contributed by atoms with Crippen molar-refractivity contribution < 1.29 is 9.66 Å². The van der Waals surface area contributed by atoms with Gasteiger partial charge in [0.15, 0.2) is 0 Å². The van der Waals surface area contributed by atoms with Crippen molar-refractivity contribution in [3.63, 3.8) is 0 Å². The number of anilines is 1. The Labute approximate surface area is 159 Å². The van der Waals surface area contributed by atoms with Crippen molar-refractivity contribution in [2.45, 2.75) is 0 Å². The standard InChI is InChI=1S/C19H14N4O3S/c1-26-15-6-4-5-13(9-15)17-12-27-19(22-17)14(10-20)11-21-16-7-2-3-8-18(16)23(24)25/h2-9,11-12,21H,1H3/b14-11+. The van der Waals surface area contributed by atoms with Crippen LogP contribution in [0.2, 0.25) is 0 Å². The predicted octanol–water partition coefficient (Wildman–Crippen LogP) is 4.70. The van der Waals surface area contributed by atoms with E-state index in [9.17, 15) is 15.4 Å². The van der Waals surface area contributed by atoms with Gasteiger partial charge in [0.25, 0.3) is 5.69 Å². The first-order valence-electron chi connectivity index (χ1n) is 7.83. The SMILES string of the molecule is COc1cccc(-c2csc(/C(C#N)=C/Nc3ccccc3[N+](=O)[O-])n2)c1. The molecule has 0 saturated heterocycles. The molecule has 1 heterocycles. The molecule has 0 bridgehead atoms. The summed E-state index contributed by atoms with van der Waals surface area (Å²) in [7, 11) is 1.59. The first-order chi connectivity index (χ1) is 13.1. The van der Waals surface area contributed by atoms with Gasteiger partial charge in [-0.3, -0.25) is 10.1 Å². The summed E-state index contributed by atoms with van der Waals surface area (Å²) in [5, 5.41) is 25.7. The average Bonchev–Trinajstić information content (AvgIpc) is 3.19. The lowest BCUT2D eigenvalue weighted by Crippen LogP contribution is -1.96. The van der Waals surface area contributed by atoms with Crippen molar-refractivity contribution >= 4 is 28.3 Å². The highest BCUT2D eigenvalue weighted by Gasteiger charge is 2.13. The van der Waals surface area contributed by atoms with Gasteiger partial charge in [-0.05, 0) is 18.2 Å². The molecule has 0 atom stereocenters. The third-order valence-electron chi connectivity index (χ3n) is 3.69. The molecule has 0 aliphatic rings. The van der Waals surface area contributed by atoms with Crippen LogP contribution in [0.25, 0.3) is 16.8 Å². The summed E-state index contributed by atoms with van der Waals surface area (Å²) in [6, 6.07) is 15.8. The van der Waals surface area contributed by atoms with Crippen LogP contribution in [-0.2, 0) is 0 Å². The number of para-hydroxylation sites is 2. The molecule has 0 aliphatic carbocycles. The minimum Gasteiger partial charge on any atom is -0.497 e. The number of thiazole rings is 1. The number of rotatable bonds is 6. The normalized spacial score (nSPS) is 10.9. The molecule has 0 spiro atoms. The van der Waals surface area contributed by atoms with Gasteiger partial charge in [0.2, 0.25) is 0 Å². The number of aromatic nitrogens is 1.